The molecule has 2 aliphatic heterocycles. The Hall–Kier alpha value is -3.06. The topological polar surface area (TPSA) is 71.1 Å². The van der Waals surface area contributed by atoms with Crippen LogP contribution in [0.5, 0.6) is 11.5 Å². The Labute approximate surface area is 213 Å². The SMILES string of the molecule is CCOC(=O)N1CCC(NC(=O)[C@@H]2CC23CCN(Cc2cccc(Oc4ccccc4)c2)CC3)CC1. The van der Waals surface area contributed by atoms with Crippen LogP contribution in [0.15, 0.2) is 54.6 Å². The Kier molecular flexibility index (Phi) is 7.46. The molecule has 1 saturated carbocycles. The number of rotatable bonds is 7. The number of hydrogen-bond acceptors (Lipinski definition) is 5. The van der Waals surface area contributed by atoms with Gasteiger partial charge in [-0.15, -0.1) is 0 Å². The van der Waals surface area contributed by atoms with Crippen molar-refractivity contribution in [1.82, 2.24) is 15.1 Å². The molecule has 1 spiro atoms. The van der Waals surface area contributed by atoms with E-state index in [2.05, 4.69) is 28.4 Å². The first-order chi connectivity index (χ1) is 17.5. The van der Waals surface area contributed by atoms with Crippen LogP contribution in [0.3, 0.4) is 0 Å². The third-order valence-electron chi connectivity index (χ3n) is 8.01. The lowest BCUT2D eigenvalue weighted by Gasteiger charge is -2.34. The molecule has 3 fully saturated rings. The van der Waals surface area contributed by atoms with E-state index in [9.17, 15) is 9.59 Å². The summed E-state index contributed by atoms with van der Waals surface area (Å²) in [6, 6.07) is 18.3. The Morgan fingerprint density at radius 2 is 1.69 bits per heavy atom. The highest BCUT2D eigenvalue weighted by molar-refractivity contribution is 5.83. The summed E-state index contributed by atoms with van der Waals surface area (Å²) in [6.45, 7) is 6.44. The van der Waals surface area contributed by atoms with E-state index in [0.29, 0.717) is 19.7 Å². The Morgan fingerprint density at radius 3 is 2.42 bits per heavy atom. The van der Waals surface area contributed by atoms with E-state index < -0.39 is 0 Å². The van der Waals surface area contributed by atoms with Crippen LogP contribution in [0.2, 0.25) is 0 Å². The maximum atomic E-state index is 13.0. The molecule has 1 aliphatic carbocycles. The number of benzene rings is 2. The van der Waals surface area contributed by atoms with Gasteiger partial charge in [0, 0.05) is 31.6 Å². The Balaban J connectivity index is 1.05. The molecule has 0 bridgehead atoms. The molecule has 7 heteroatoms. The molecule has 2 aromatic rings. The molecule has 36 heavy (non-hydrogen) atoms. The minimum Gasteiger partial charge on any atom is -0.457 e. The molecule has 0 unspecified atom stereocenters. The number of nitrogens with one attached hydrogen (secondary N) is 1. The fourth-order valence-corrected chi connectivity index (χ4v) is 5.74. The molecule has 5 rings (SSSR count). The van der Waals surface area contributed by atoms with E-state index in [1.807, 2.05) is 43.3 Å². The summed E-state index contributed by atoms with van der Waals surface area (Å²) in [5, 5.41) is 3.28. The minimum atomic E-state index is -0.245. The van der Waals surface area contributed by atoms with Crippen LogP contribution in [0.1, 0.15) is 44.6 Å². The lowest BCUT2D eigenvalue weighted by atomic mass is 9.90. The van der Waals surface area contributed by atoms with Gasteiger partial charge in [0.15, 0.2) is 0 Å². The maximum Gasteiger partial charge on any atom is 0.409 e. The van der Waals surface area contributed by atoms with Crippen LogP contribution < -0.4 is 10.1 Å². The molecule has 1 N–H and O–H groups in total. The minimum absolute atomic E-state index is 0.144. The average molecular weight is 492 g/mol. The first-order valence-corrected chi connectivity index (χ1v) is 13.3. The molecule has 7 nitrogen and oxygen atoms in total. The van der Waals surface area contributed by atoms with Crippen molar-refractivity contribution < 1.29 is 19.1 Å². The van der Waals surface area contributed by atoms with Crippen molar-refractivity contribution in [2.45, 2.75) is 51.6 Å². The van der Waals surface area contributed by atoms with E-state index in [1.165, 1.54) is 5.56 Å². The zero-order valence-electron chi connectivity index (χ0n) is 21.2. The number of para-hydroxylation sites is 1. The summed E-state index contributed by atoms with van der Waals surface area (Å²) in [5.41, 5.74) is 1.43. The molecule has 1 atom stereocenters. The summed E-state index contributed by atoms with van der Waals surface area (Å²) >= 11 is 0. The lowest BCUT2D eigenvalue weighted by molar-refractivity contribution is -0.124. The van der Waals surface area contributed by atoms with Gasteiger partial charge in [0.2, 0.25) is 5.91 Å². The van der Waals surface area contributed by atoms with E-state index >= 15 is 0 Å². The van der Waals surface area contributed by atoms with Gasteiger partial charge >= 0.3 is 6.09 Å². The first-order valence-electron chi connectivity index (χ1n) is 13.3. The van der Waals surface area contributed by atoms with Crippen molar-refractivity contribution in [3.8, 4) is 11.5 Å². The molecule has 0 radical (unpaired) electrons. The number of ether oxygens (including phenoxy) is 2. The van der Waals surface area contributed by atoms with Gasteiger partial charge < -0.3 is 19.7 Å². The van der Waals surface area contributed by atoms with Crippen LogP contribution >= 0.6 is 0 Å². The van der Waals surface area contributed by atoms with Crippen LogP contribution in [-0.4, -0.2) is 60.6 Å². The Bertz CT molecular complexity index is 1040. The third-order valence-corrected chi connectivity index (χ3v) is 8.01. The molecular formula is C29H37N3O4. The van der Waals surface area contributed by atoms with Gasteiger partial charge in [0.25, 0.3) is 0 Å². The van der Waals surface area contributed by atoms with Crippen LogP contribution in [0.4, 0.5) is 4.79 Å². The highest BCUT2D eigenvalue weighted by atomic mass is 16.6. The van der Waals surface area contributed by atoms with Crippen LogP contribution in [0, 0.1) is 11.3 Å². The fourth-order valence-electron chi connectivity index (χ4n) is 5.74. The van der Waals surface area contributed by atoms with Gasteiger partial charge in [-0.05, 0) is 87.4 Å². The summed E-state index contributed by atoms with van der Waals surface area (Å²) in [5.74, 6) is 2.06. The maximum absolute atomic E-state index is 13.0. The predicted molar refractivity (Wildman–Crippen MR) is 138 cm³/mol. The number of carbonyl (C=O) groups is 2. The number of likely N-dealkylation sites (tertiary alicyclic amines) is 2. The number of hydrogen-bond donors (Lipinski definition) is 1. The molecule has 0 aromatic heterocycles. The van der Waals surface area contributed by atoms with Crippen LogP contribution in [0.25, 0.3) is 0 Å². The zero-order valence-corrected chi connectivity index (χ0v) is 21.2. The summed E-state index contributed by atoms with van der Waals surface area (Å²) in [6.07, 6.45) is 4.51. The highest BCUT2D eigenvalue weighted by Crippen LogP contribution is 2.59. The fraction of sp³-hybridized carbons (Fsp3) is 0.517. The molecule has 3 aliphatic rings. The second-order valence-electron chi connectivity index (χ2n) is 10.4. The quantitative estimate of drug-likeness (QED) is 0.601. The van der Waals surface area contributed by atoms with Gasteiger partial charge in [0.1, 0.15) is 11.5 Å². The van der Waals surface area contributed by atoms with E-state index in [4.69, 9.17) is 9.47 Å². The van der Waals surface area contributed by atoms with E-state index in [1.54, 1.807) is 4.90 Å². The number of carbonyl (C=O) groups excluding carboxylic acids is 2. The number of amides is 2. The van der Waals surface area contributed by atoms with Crippen molar-refractivity contribution in [1.29, 1.82) is 0 Å². The lowest BCUT2D eigenvalue weighted by Crippen LogP contribution is -2.47. The monoisotopic (exact) mass is 491 g/mol. The van der Waals surface area contributed by atoms with Crippen molar-refractivity contribution in [3.05, 3.63) is 60.2 Å². The highest BCUT2D eigenvalue weighted by Gasteiger charge is 2.58. The third kappa shape index (κ3) is 5.84. The first kappa shape index (κ1) is 24.6. The average Bonchev–Trinajstić information content (AvgIpc) is 3.60. The van der Waals surface area contributed by atoms with Gasteiger partial charge in [-0.2, -0.15) is 0 Å². The van der Waals surface area contributed by atoms with E-state index in [-0.39, 0.29) is 29.4 Å². The number of piperidine rings is 2. The van der Waals surface area contributed by atoms with Gasteiger partial charge in [-0.1, -0.05) is 30.3 Å². The zero-order chi connectivity index (χ0) is 25.0. The molecule has 2 saturated heterocycles. The molecule has 2 heterocycles. The summed E-state index contributed by atoms with van der Waals surface area (Å²) < 4.78 is 11.1. The predicted octanol–water partition coefficient (Wildman–Crippen LogP) is 4.82. The van der Waals surface area contributed by atoms with Gasteiger partial charge in [0.05, 0.1) is 6.61 Å². The summed E-state index contributed by atoms with van der Waals surface area (Å²) in [7, 11) is 0. The summed E-state index contributed by atoms with van der Waals surface area (Å²) in [4.78, 5) is 29.1. The molecule has 192 valence electrons. The van der Waals surface area contributed by atoms with E-state index in [0.717, 1.165) is 63.2 Å². The second kappa shape index (κ2) is 10.9. The van der Waals surface area contributed by atoms with Gasteiger partial charge in [-0.25, -0.2) is 4.79 Å². The standard InChI is InChI=1S/C29H37N3O4/c1-2-35-28(34)32-15-11-23(12-16-32)30-27(33)26-20-29(26)13-17-31(18-14-29)21-22-7-6-10-25(19-22)36-24-8-4-3-5-9-24/h3-10,19,23,26H,2,11-18,20-21H2,1H3,(H,30,33)/t26-/m0/s1. The molecule has 2 amide bonds. The molecular weight excluding hydrogens is 454 g/mol. The van der Waals surface area contributed by atoms with Crippen molar-refractivity contribution in [3.63, 3.8) is 0 Å². The van der Waals surface area contributed by atoms with Crippen LogP contribution in [-0.2, 0) is 16.1 Å². The Morgan fingerprint density at radius 1 is 0.972 bits per heavy atom. The second-order valence-corrected chi connectivity index (χ2v) is 10.4. The normalized spacial score (nSPS) is 21.7. The number of nitrogens with zero attached hydrogens (tertiary/aromatic N) is 2. The smallest absolute Gasteiger partial charge is 0.409 e. The van der Waals surface area contributed by atoms with Crippen molar-refractivity contribution >= 4 is 12.0 Å². The molecule has 2 aromatic carbocycles. The van der Waals surface area contributed by atoms with Crippen molar-refractivity contribution in [2.75, 3.05) is 32.8 Å². The van der Waals surface area contributed by atoms with Gasteiger partial charge in [-0.3, -0.25) is 9.69 Å². The largest absolute Gasteiger partial charge is 0.457 e. The van der Waals surface area contributed by atoms with Crippen molar-refractivity contribution in [2.24, 2.45) is 11.3 Å².